The van der Waals surface area contributed by atoms with Gasteiger partial charge in [0.1, 0.15) is 6.04 Å². The zero-order valence-corrected chi connectivity index (χ0v) is 11.7. The second kappa shape index (κ2) is 4.18. The third-order valence-electron chi connectivity index (χ3n) is 4.22. The first-order valence-corrected chi connectivity index (χ1v) is 7.17. The summed E-state index contributed by atoms with van der Waals surface area (Å²) >= 11 is 6.39. The van der Waals surface area contributed by atoms with Crippen LogP contribution in [0.2, 0.25) is 0 Å². The van der Waals surface area contributed by atoms with Gasteiger partial charge in [0, 0.05) is 17.6 Å². The maximum atomic E-state index is 12.6. The Balaban J connectivity index is 1.77. The molecule has 2 aliphatic carbocycles. The number of carbonyl (C=O) groups excluding carboxylic acids is 3. The number of carbonyl (C=O) groups is 3. The van der Waals surface area contributed by atoms with E-state index in [1.807, 2.05) is 18.2 Å². The molecule has 0 aromatic rings. The van der Waals surface area contributed by atoms with E-state index in [-0.39, 0.29) is 23.6 Å². The topological polar surface area (TPSA) is 66.5 Å². The number of hydrogen-bond donors (Lipinski definition) is 1. The molecule has 0 aromatic heterocycles. The van der Waals surface area contributed by atoms with Crippen molar-refractivity contribution in [1.29, 1.82) is 0 Å². The maximum Gasteiger partial charge on any atom is 0.259 e. The standard InChI is InChI=1S/C15H11ClN2O3/c16-13-7-1-3-8-12(13)9(4-2-7)18(15(8)21)10-5-6-11(19)17-14(10)20/h1-4,10,13H,5-6H2,(H,17,19,20). The highest BCUT2D eigenvalue weighted by Gasteiger charge is 2.46. The van der Waals surface area contributed by atoms with Gasteiger partial charge in [-0.25, -0.2) is 0 Å². The highest BCUT2D eigenvalue weighted by Crippen LogP contribution is 2.44. The molecule has 3 amide bonds. The second-order valence-corrected chi connectivity index (χ2v) is 5.82. The lowest BCUT2D eigenvalue weighted by atomic mass is 9.89. The first-order chi connectivity index (χ1) is 10.1. The molecule has 1 saturated heterocycles. The van der Waals surface area contributed by atoms with Gasteiger partial charge in [0.25, 0.3) is 5.91 Å². The molecule has 106 valence electrons. The molecule has 2 atom stereocenters. The molecule has 1 N–H and O–H groups in total. The van der Waals surface area contributed by atoms with E-state index in [1.165, 1.54) is 4.90 Å². The van der Waals surface area contributed by atoms with Gasteiger partial charge in [-0.1, -0.05) is 12.2 Å². The summed E-state index contributed by atoms with van der Waals surface area (Å²) in [5.41, 5.74) is 2.93. The van der Waals surface area contributed by atoms with Gasteiger partial charge in [-0.2, -0.15) is 0 Å². The summed E-state index contributed by atoms with van der Waals surface area (Å²) in [6.07, 6.45) is 7.83. The van der Waals surface area contributed by atoms with Gasteiger partial charge < -0.3 is 0 Å². The third kappa shape index (κ3) is 1.61. The molecule has 0 aromatic carbocycles. The fourth-order valence-corrected chi connectivity index (χ4v) is 3.58. The van der Waals surface area contributed by atoms with Crippen molar-refractivity contribution in [2.75, 3.05) is 0 Å². The Morgan fingerprint density at radius 3 is 2.76 bits per heavy atom. The monoisotopic (exact) mass is 302 g/mol. The summed E-state index contributed by atoms with van der Waals surface area (Å²) in [5, 5.41) is 1.94. The van der Waals surface area contributed by atoms with E-state index in [1.54, 1.807) is 6.08 Å². The van der Waals surface area contributed by atoms with Crippen molar-refractivity contribution in [2.45, 2.75) is 24.3 Å². The average Bonchev–Trinajstić information content (AvgIpc) is 2.73. The van der Waals surface area contributed by atoms with E-state index in [9.17, 15) is 14.4 Å². The minimum Gasteiger partial charge on any atom is -0.295 e. The van der Waals surface area contributed by atoms with Crippen LogP contribution in [-0.4, -0.2) is 34.0 Å². The molecule has 4 rings (SSSR count). The normalized spacial score (nSPS) is 30.5. The molecule has 21 heavy (non-hydrogen) atoms. The number of nitrogens with one attached hydrogen (secondary N) is 1. The van der Waals surface area contributed by atoms with Crippen LogP contribution in [0, 0.1) is 0 Å². The van der Waals surface area contributed by atoms with Crippen molar-refractivity contribution < 1.29 is 14.4 Å². The lowest BCUT2D eigenvalue weighted by Crippen LogP contribution is -2.52. The van der Waals surface area contributed by atoms with E-state index in [0.29, 0.717) is 17.7 Å². The Kier molecular flexibility index (Phi) is 2.50. The molecule has 1 fully saturated rings. The lowest BCUT2D eigenvalue weighted by Gasteiger charge is -2.32. The van der Waals surface area contributed by atoms with Crippen LogP contribution in [0.1, 0.15) is 12.8 Å². The second-order valence-electron chi connectivity index (χ2n) is 5.38. The summed E-state index contributed by atoms with van der Waals surface area (Å²) in [4.78, 5) is 37.4. The molecule has 2 heterocycles. The van der Waals surface area contributed by atoms with Gasteiger partial charge in [-0.15, -0.1) is 11.6 Å². The molecular formula is C15H11ClN2O3. The van der Waals surface area contributed by atoms with Crippen molar-refractivity contribution in [3.8, 4) is 0 Å². The number of allylic oxidation sites excluding steroid dienone is 5. The molecule has 0 spiro atoms. The van der Waals surface area contributed by atoms with Crippen LogP contribution in [0.4, 0.5) is 0 Å². The van der Waals surface area contributed by atoms with Gasteiger partial charge in [0.05, 0.1) is 11.1 Å². The highest BCUT2D eigenvalue weighted by molar-refractivity contribution is 6.27. The molecule has 2 bridgehead atoms. The van der Waals surface area contributed by atoms with E-state index in [0.717, 1.165) is 11.1 Å². The third-order valence-corrected chi connectivity index (χ3v) is 4.69. The molecule has 0 saturated carbocycles. The summed E-state index contributed by atoms with van der Waals surface area (Å²) in [6, 6.07) is -0.653. The summed E-state index contributed by atoms with van der Waals surface area (Å²) in [5.74, 6) is -0.942. The van der Waals surface area contributed by atoms with Crippen molar-refractivity contribution in [3.63, 3.8) is 0 Å². The van der Waals surface area contributed by atoms with Crippen LogP contribution >= 0.6 is 11.6 Å². The number of nitrogens with zero attached hydrogens (tertiary/aromatic N) is 1. The smallest absolute Gasteiger partial charge is 0.259 e. The number of imide groups is 1. The molecule has 0 radical (unpaired) electrons. The Morgan fingerprint density at radius 1 is 1.19 bits per heavy atom. The highest BCUT2D eigenvalue weighted by atomic mass is 35.5. The van der Waals surface area contributed by atoms with Crippen LogP contribution in [0.3, 0.4) is 0 Å². The van der Waals surface area contributed by atoms with E-state index < -0.39 is 11.9 Å². The van der Waals surface area contributed by atoms with E-state index >= 15 is 0 Å². The molecule has 2 aliphatic heterocycles. The van der Waals surface area contributed by atoms with Crippen molar-refractivity contribution in [1.82, 2.24) is 10.2 Å². The summed E-state index contributed by atoms with van der Waals surface area (Å²) in [7, 11) is 0. The van der Waals surface area contributed by atoms with E-state index in [4.69, 9.17) is 11.6 Å². The van der Waals surface area contributed by atoms with Crippen LogP contribution in [0.5, 0.6) is 0 Å². The van der Waals surface area contributed by atoms with Gasteiger partial charge in [-0.3, -0.25) is 24.6 Å². The number of fused-ring (bicyclic) bond motifs is 1. The fourth-order valence-electron chi connectivity index (χ4n) is 3.20. The van der Waals surface area contributed by atoms with Gasteiger partial charge in [-0.05, 0) is 24.1 Å². The van der Waals surface area contributed by atoms with Crippen molar-refractivity contribution >= 4 is 29.3 Å². The first kappa shape index (κ1) is 12.6. The minimum atomic E-state index is -0.653. The zero-order valence-electron chi connectivity index (χ0n) is 10.9. The number of hydrogen-bond acceptors (Lipinski definition) is 3. The molecule has 2 unspecified atom stereocenters. The Bertz CT molecular complexity index is 729. The maximum absolute atomic E-state index is 12.6. The molecule has 5 nitrogen and oxygen atoms in total. The predicted octanol–water partition coefficient (Wildman–Crippen LogP) is 0.931. The van der Waals surface area contributed by atoms with Gasteiger partial charge >= 0.3 is 0 Å². The largest absolute Gasteiger partial charge is 0.295 e. The molecular weight excluding hydrogens is 292 g/mol. The summed E-state index contributed by atoms with van der Waals surface area (Å²) in [6.45, 7) is 0. The predicted molar refractivity (Wildman–Crippen MR) is 75.0 cm³/mol. The Morgan fingerprint density at radius 2 is 2.00 bits per heavy atom. The average molecular weight is 303 g/mol. The van der Waals surface area contributed by atoms with Gasteiger partial charge in [0.15, 0.2) is 0 Å². The van der Waals surface area contributed by atoms with Crippen LogP contribution < -0.4 is 5.32 Å². The number of amides is 3. The fraction of sp³-hybridized carbons (Fsp3) is 0.267. The number of rotatable bonds is 1. The Hall–Kier alpha value is -2.14. The minimum absolute atomic E-state index is 0.220. The number of halogens is 1. The van der Waals surface area contributed by atoms with E-state index in [2.05, 4.69) is 5.32 Å². The van der Waals surface area contributed by atoms with Crippen LogP contribution in [0.15, 0.2) is 46.7 Å². The molecule has 6 heteroatoms. The summed E-state index contributed by atoms with van der Waals surface area (Å²) < 4.78 is 0. The van der Waals surface area contributed by atoms with Gasteiger partial charge in [0.2, 0.25) is 11.8 Å². The lowest BCUT2D eigenvalue weighted by molar-refractivity contribution is -0.141. The SMILES string of the molecule is O=C1CCC(N2C(=O)C3=C4C2=CC=C(C=C3)C4Cl)C(=O)N1. The molecule has 4 aliphatic rings. The number of piperidine rings is 1. The van der Waals surface area contributed by atoms with Crippen LogP contribution in [0.25, 0.3) is 0 Å². The van der Waals surface area contributed by atoms with Crippen LogP contribution in [-0.2, 0) is 14.4 Å². The Labute approximate surface area is 125 Å². The first-order valence-electron chi connectivity index (χ1n) is 6.74. The zero-order chi connectivity index (χ0) is 14.7. The quantitative estimate of drug-likeness (QED) is 0.579. The van der Waals surface area contributed by atoms with Crippen molar-refractivity contribution in [3.05, 3.63) is 46.7 Å². The van der Waals surface area contributed by atoms with Crippen molar-refractivity contribution in [2.24, 2.45) is 0 Å². The number of alkyl halides is 1.